The lowest BCUT2D eigenvalue weighted by atomic mass is 9.98. The molecule has 0 bridgehead atoms. The molecule has 1 aromatic rings. The average Bonchev–Trinajstić information content (AvgIpc) is 2.71. The molecule has 92 valence electrons. The molecule has 0 amide bonds. The molecule has 1 aromatic carbocycles. The van der Waals surface area contributed by atoms with Gasteiger partial charge in [0.2, 0.25) is 0 Å². The molecule has 0 saturated carbocycles. The molecule has 3 nitrogen and oxygen atoms in total. The number of nitrogens with two attached hydrogens (primary N) is 1. The predicted molar refractivity (Wildman–Crippen MR) is 76.4 cm³/mol. The highest BCUT2D eigenvalue weighted by molar-refractivity contribution is 9.10. The maximum absolute atomic E-state index is 6.02. The van der Waals surface area contributed by atoms with Crippen LogP contribution in [0.1, 0.15) is 20.3 Å². The second-order valence-corrected chi connectivity index (χ2v) is 5.33. The molecular formula is C13H18BrN3. The summed E-state index contributed by atoms with van der Waals surface area (Å²) >= 11 is 3.58. The van der Waals surface area contributed by atoms with Gasteiger partial charge in [-0.2, -0.15) is 0 Å². The topological polar surface area (TPSA) is 41.6 Å². The Kier molecular flexibility index (Phi) is 3.72. The van der Waals surface area contributed by atoms with Crippen LogP contribution >= 0.6 is 15.9 Å². The Morgan fingerprint density at radius 2 is 2.24 bits per heavy atom. The molecule has 0 spiro atoms. The van der Waals surface area contributed by atoms with Gasteiger partial charge in [-0.3, -0.25) is 4.99 Å². The number of anilines is 1. The normalized spacial score (nSPS) is 21.5. The average molecular weight is 296 g/mol. The Morgan fingerprint density at radius 1 is 1.53 bits per heavy atom. The lowest BCUT2D eigenvalue weighted by molar-refractivity contribution is 0.461. The molecule has 1 heterocycles. The molecule has 4 heteroatoms. The van der Waals surface area contributed by atoms with Gasteiger partial charge in [0.15, 0.2) is 5.96 Å². The van der Waals surface area contributed by atoms with Crippen LogP contribution in [0.4, 0.5) is 5.69 Å². The number of para-hydroxylation sites is 1. The monoisotopic (exact) mass is 295 g/mol. The highest BCUT2D eigenvalue weighted by Crippen LogP contribution is 2.31. The van der Waals surface area contributed by atoms with E-state index in [-0.39, 0.29) is 0 Å². The fourth-order valence-corrected chi connectivity index (χ4v) is 2.65. The third-order valence-electron chi connectivity index (χ3n) is 3.43. The summed E-state index contributed by atoms with van der Waals surface area (Å²) in [6.45, 7) is 5.25. The first kappa shape index (κ1) is 12.4. The van der Waals surface area contributed by atoms with Crippen LogP contribution < -0.4 is 10.6 Å². The maximum atomic E-state index is 6.02. The minimum Gasteiger partial charge on any atom is -0.370 e. The summed E-state index contributed by atoms with van der Waals surface area (Å²) in [5.74, 6) is 1.20. The zero-order chi connectivity index (χ0) is 12.4. The Balaban J connectivity index is 2.34. The van der Waals surface area contributed by atoms with Crippen LogP contribution in [-0.4, -0.2) is 18.5 Å². The fourth-order valence-electron chi connectivity index (χ4n) is 2.17. The minimum absolute atomic E-state index is 0.374. The lowest BCUT2D eigenvalue weighted by Crippen LogP contribution is -2.44. The highest BCUT2D eigenvalue weighted by Gasteiger charge is 2.31. The van der Waals surface area contributed by atoms with E-state index in [4.69, 9.17) is 5.73 Å². The molecule has 2 atom stereocenters. The van der Waals surface area contributed by atoms with E-state index in [9.17, 15) is 0 Å². The van der Waals surface area contributed by atoms with Gasteiger partial charge < -0.3 is 10.6 Å². The zero-order valence-electron chi connectivity index (χ0n) is 10.2. The molecule has 0 aromatic heterocycles. The third-order valence-corrected chi connectivity index (χ3v) is 4.10. The summed E-state index contributed by atoms with van der Waals surface area (Å²) in [5.41, 5.74) is 7.13. The van der Waals surface area contributed by atoms with Crippen molar-refractivity contribution in [3.63, 3.8) is 0 Å². The lowest BCUT2D eigenvalue weighted by Gasteiger charge is -2.31. The van der Waals surface area contributed by atoms with E-state index >= 15 is 0 Å². The third kappa shape index (κ3) is 2.32. The molecule has 2 unspecified atom stereocenters. The predicted octanol–water partition coefficient (Wildman–Crippen LogP) is 3.00. The van der Waals surface area contributed by atoms with Gasteiger partial charge in [0, 0.05) is 4.47 Å². The molecule has 0 saturated heterocycles. The van der Waals surface area contributed by atoms with Crippen LogP contribution in [0.5, 0.6) is 0 Å². The summed E-state index contributed by atoms with van der Waals surface area (Å²) in [5, 5.41) is 0. The second kappa shape index (κ2) is 5.08. The van der Waals surface area contributed by atoms with Crippen molar-refractivity contribution in [3.05, 3.63) is 28.7 Å². The molecule has 1 aliphatic heterocycles. The summed E-state index contributed by atoms with van der Waals surface area (Å²) in [6.07, 6.45) is 1.13. The Hall–Kier alpha value is -1.03. The minimum atomic E-state index is 0.374. The van der Waals surface area contributed by atoms with E-state index in [1.807, 2.05) is 18.2 Å². The van der Waals surface area contributed by atoms with Crippen LogP contribution in [0, 0.1) is 5.92 Å². The highest BCUT2D eigenvalue weighted by atomic mass is 79.9. The molecule has 2 rings (SSSR count). The van der Waals surface area contributed by atoms with Crippen molar-refractivity contribution in [2.24, 2.45) is 16.6 Å². The van der Waals surface area contributed by atoms with Crippen LogP contribution in [-0.2, 0) is 0 Å². The number of benzene rings is 1. The van der Waals surface area contributed by atoms with Crippen LogP contribution in [0.25, 0.3) is 0 Å². The van der Waals surface area contributed by atoms with Crippen LogP contribution in [0.3, 0.4) is 0 Å². The van der Waals surface area contributed by atoms with Gasteiger partial charge in [-0.25, -0.2) is 0 Å². The molecule has 0 aliphatic carbocycles. The molecular weight excluding hydrogens is 278 g/mol. The zero-order valence-corrected chi connectivity index (χ0v) is 11.8. The van der Waals surface area contributed by atoms with E-state index in [0.717, 1.165) is 23.1 Å². The maximum Gasteiger partial charge on any atom is 0.196 e. The quantitative estimate of drug-likeness (QED) is 0.931. The number of rotatable bonds is 3. The first-order valence-corrected chi connectivity index (χ1v) is 6.78. The number of guanidine groups is 1. The summed E-state index contributed by atoms with van der Waals surface area (Å²) < 4.78 is 1.06. The van der Waals surface area contributed by atoms with Crippen LogP contribution in [0.2, 0.25) is 0 Å². The molecule has 0 radical (unpaired) electrons. The van der Waals surface area contributed by atoms with Crippen molar-refractivity contribution >= 4 is 27.6 Å². The molecule has 0 fully saturated rings. The Labute approximate surface area is 111 Å². The van der Waals surface area contributed by atoms with Gasteiger partial charge >= 0.3 is 0 Å². The van der Waals surface area contributed by atoms with Crippen molar-refractivity contribution in [1.82, 2.24) is 0 Å². The summed E-state index contributed by atoms with van der Waals surface area (Å²) in [6, 6.07) is 8.52. The number of halogens is 1. The van der Waals surface area contributed by atoms with Gasteiger partial charge in [-0.1, -0.05) is 32.4 Å². The number of nitrogens with zero attached hydrogens (tertiary/aromatic N) is 2. The van der Waals surface area contributed by atoms with Gasteiger partial charge in [0.25, 0.3) is 0 Å². The van der Waals surface area contributed by atoms with Crippen molar-refractivity contribution in [2.75, 3.05) is 11.4 Å². The van der Waals surface area contributed by atoms with E-state index in [1.54, 1.807) is 0 Å². The van der Waals surface area contributed by atoms with Crippen molar-refractivity contribution in [1.29, 1.82) is 0 Å². The van der Waals surface area contributed by atoms with E-state index in [2.05, 4.69) is 45.7 Å². The van der Waals surface area contributed by atoms with Crippen molar-refractivity contribution in [2.45, 2.75) is 26.3 Å². The first-order chi connectivity index (χ1) is 8.15. The number of hydrogen-bond donors (Lipinski definition) is 1. The largest absolute Gasteiger partial charge is 0.370 e. The second-order valence-electron chi connectivity index (χ2n) is 4.47. The Morgan fingerprint density at radius 3 is 2.88 bits per heavy atom. The van der Waals surface area contributed by atoms with Crippen LogP contribution in [0.15, 0.2) is 33.7 Å². The number of aliphatic imine (C=N–C) groups is 1. The van der Waals surface area contributed by atoms with E-state index in [0.29, 0.717) is 17.9 Å². The van der Waals surface area contributed by atoms with Gasteiger partial charge in [0.1, 0.15) is 0 Å². The fraction of sp³-hybridized carbons (Fsp3) is 0.462. The van der Waals surface area contributed by atoms with Crippen molar-refractivity contribution < 1.29 is 0 Å². The van der Waals surface area contributed by atoms with Gasteiger partial charge in [-0.05, 0) is 34.0 Å². The molecule has 17 heavy (non-hydrogen) atoms. The van der Waals surface area contributed by atoms with Gasteiger partial charge in [-0.15, -0.1) is 0 Å². The van der Waals surface area contributed by atoms with Crippen molar-refractivity contribution in [3.8, 4) is 0 Å². The summed E-state index contributed by atoms with van der Waals surface area (Å²) in [4.78, 5) is 6.54. The van der Waals surface area contributed by atoms with E-state index < -0.39 is 0 Å². The van der Waals surface area contributed by atoms with E-state index in [1.165, 1.54) is 0 Å². The summed E-state index contributed by atoms with van der Waals surface area (Å²) in [7, 11) is 0. The molecule has 1 aliphatic rings. The molecule has 2 N–H and O–H groups in total. The standard InChI is InChI=1S/C13H18BrN3/c1-3-9(2)12-8-16-13(15)17(12)11-7-5-4-6-10(11)14/h4-7,9,12H,3,8H2,1-2H3,(H2,15,16). The van der Waals surface area contributed by atoms with Gasteiger partial charge in [0.05, 0.1) is 18.3 Å². The number of hydrogen-bond acceptors (Lipinski definition) is 3. The smallest absolute Gasteiger partial charge is 0.196 e. The first-order valence-electron chi connectivity index (χ1n) is 5.98. The SMILES string of the molecule is CCC(C)C1CN=C(N)N1c1ccccc1Br. The Bertz CT molecular complexity index is 430.